The number of nitrogens with zero attached hydrogens (tertiary/aromatic N) is 2. The molecule has 6 nitrogen and oxygen atoms in total. The number of methoxy groups -OCH3 is 1. The number of esters is 1. The summed E-state index contributed by atoms with van der Waals surface area (Å²) in [5, 5.41) is 2.70. The van der Waals surface area contributed by atoms with Gasteiger partial charge in [-0.05, 0) is 19.1 Å². The molecule has 1 amide bonds. The molecule has 3 rings (SSSR count). The number of ether oxygens (including phenoxy) is 1. The quantitative estimate of drug-likeness (QED) is 0.754. The molecule has 22 heavy (non-hydrogen) atoms. The summed E-state index contributed by atoms with van der Waals surface area (Å²) >= 11 is 1.51. The minimum atomic E-state index is -0.502. The van der Waals surface area contributed by atoms with Crippen LogP contribution in [0.15, 0.2) is 36.7 Å². The first-order valence-electron chi connectivity index (χ1n) is 6.52. The molecular weight excluding hydrogens is 302 g/mol. The van der Waals surface area contributed by atoms with Crippen molar-refractivity contribution in [1.29, 1.82) is 0 Å². The molecule has 0 saturated carbocycles. The van der Waals surface area contributed by atoms with Crippen LogP contribution < -0.4 is 5.32 Å². The number of aryl methyl sites for hydroxylation is 1. The van der Waals surface area contributed by atoms with Gasteiger partial charge in [-0.15, -0.1) is 11.3 Å². The highest BCUT2D eigenvalue weighted by atomic mass is 32.1. The largest absolute Gasteiger partial charge is 0.465 e. The smallest absolute Gasteiger partial charge is 0.339 e. The normalized spacial score (nSPS) is 10.6. The van der Waals surface area contributed by atoms with E-state index in [0.29, 0.717) is 16.9 Å². The molecule has 0 fully saturated rings. The van der Waals surface area contributed by atoms with Crippen LogP contribution in [0, 0.1) is 6.92 Å². The fourth-order valence-electron chi connectivity index (χ4n) is 2.09. The van der Waals surface area contributed by atoms with Crippen molar-refractivity contribution in [2.75, 3.05) is 12.4 Å². The molecule has 1 aromatic carbocycles. The summed E-state index contributed by atoms with van der Waals surface area (Å²) in [5.74, 6) is -0.873. The average Bonchev–Trinajstić information content (AvgIpc) is 3.04. The zero-order valence-electron chi connectivity index (χ0n) is 12.0. The molecule has 0 saturated heterocycles. The van der Waals surface area contributed by atoms with Crippen LogP contribution in [-0.4, -0.2) is 28.4 Å². The molecule has 1 N–H and O–H groups in total. The minimum Gasteiger partial charge on any atom is -0.465 e. The number of rotatable bonds is 3. The first kappa shape index (κ1) is 14.3. The summed E-state index contributed by atoms with van der Waals surface area (Å²) in [6.07, 6.45) is 3.57. The van der Waals surface area contributed by atoms with Crippen LogP contribution in [0.2, 0.25) is 0 Å². The van der Waals surface area contributed by atoms with Crippen molar-refractivity contribution in [3.8, 4) is 0 Å². The van der Waals surface area contributed by atoms with E-state index in [1.807, 2.05) is 13.1 Å². The van der Waals surface area contributed by atoms with Gasteiger partial charge in [-0.25, -0.2) is 9.78 Å². The number of fused-ring (bicyclic) bond motifs is 1. The number of hydrogen-bond donors (Lipinski definition) is 1. The third-order valence-electron chi connectivity index (χ3n) is 3.08. The molecule has 0 radical (unpaired) electrons. The third kappa shape index (κ3) is 2.58. The van der Waals surface area contributed by atoms with Gasteiger partial charge in [-0.1, -0.05) is 12.1 Å². The fourth-order valence-corrected chi connectivity index (χ4v) is 2.90. The van der Waals surface area contributed by atoms with Crippen molar-refractivity contribution >= 4 is 33.9 Å². The molecule has 0 spiro atoms. The van der Waals surface area contributed by atoms with Gasteiger partial charge in [0, 0.05) is 17.3 Å². The molecule has 0 unspecified atom stereocenters. The number of imidazole rings is 1. The lowest BCUT2D eigenvalue weighted by molar-refractivity contribution is 0.0602. The third-order valence-corrected chi connectivity index (χ3v) is 4.00. The lowest BCUT2D eigenvalue weighted by Crippen LogP contribution is -2.15. The van der Waals surface area contributed by atoms with Gasteiger partial charge in [-0.2, -0.15) is 0 Å². The topological polar surface area (TPSA) is 72.7 Å². The summed E-state index contributed by atoms with van der Waals surface area (Å²) in [4.78, 5) is 30.1. The van der Waals surface area contributed by atoms with Gasteiger partial charge < -0.3 is 10.1 Å². The molecular formula is C15H13N3O3S. The summed E-state index contributed by atoms with van der Waals surface area (Å²) < 4.78 is 6.51. The van der Waals surface area contributed by atoms with E-state index in [2.05, 4.69) is 10.3 Å². The summed E-state index contributed by atoms with van der Waals surface area (Å²) in [6.45, 7) is 1.98. The van der Waals surface area contributed by atoms with Gasteiger partial charge in [0.15, 0.2) is 4.96 Å². The first-order valence-corrected chi connectivity index (χ1v) is 7.34. The van der Waals surface area contributed by atoms with E-state index in [0.717, 1.165) is 9.84 Å². The monoisotopic (exact) mass is 315 g/mol. The number of benzene rings is 1. The standard InChI is InChI=1S/C15H13N3O3S/c1-9-7-18-8-12(17-15(18)22-9)13(19)16-11-6-4-3-5-10(11)14(20)21-2/h3-8H,1-2H3,(H,16,19). The van der Waals surface area contributed by atoms with E-state index in [9.17, 15) is 9.59 Å². The maximum atomic E-state index is 12.3. The van der Waals surface area contributed by atoms with E-state index >= 15 is 0 Å². The second-order valence-corrected chi connectivity index (χ2v) is 5.86. The van der Waals surface area contributed by atoms with Crippen molar-refractivity contribution < 1.29 is 14.3 Å². The van der Waals surface area contributed by atoms with Gasteiger partial charge in [0.1, 0.15) is 5.69 Å². The molecule has 0 bridgehead atoms. The van der Waals surface area contributed by atoms with E-state index in [4.69, 9.17) is 4.74 Å². The number of anilines is 1. The highest BCUT2D eigenvalue weighted by Gasteiger charge is 2.16. The van der Waals surface area contributed by atoms with Crippen LogP contribution in [0.4, 0.5) is 5.69 Å². The summed E-state index contributed by atoms with van der Waals surface area (Å²) in [6, 6.07) is 6.68. The lowest BCUT2D eigenvalue weighted by atomic mass is 10.2. The Morgan fingerprint density at radius 3 is 2.77 bits per heavy atom. The zero-order valence-corrected chi connectivity index (χ0v) is 12.8. The molecule has 0 atom stereocenters. The first-order chi connectivity index (χ1) is 10.6. The Hall–Kier alpha value is -2.67. The molecule has 112 valence electrons. The molecule has 2 heterocycles. The average molecular weight is 315 g/mol. The van der Waals surface area contributed by atoms with E-state index < -0.39 is 5.97 Å². The maximum Gasteiger partial charge on any atom is 0.339 e. The van der Waals surface area contributed by atoms with Gasteiger partial charge in [0.2, 0.25) is 0 Å². The molecule has 7 heteroatoms. The van der Waals surface area contributed by atoms with Crippen LogP contribution >= 0.6 is 11.3 Å². The van der Waals surface area contributed by atoms with E-state index in [-0.39, 0.29) is 5.91 Å². The summed E-state index contributed by atoms with van der Waals surface area (Å²) in [7, 11) is 1.30. The van der Waals surface area contributed by atoms with Crippen LogP contribution in [0.3, 0.4) is 0 Å². The second-order valence-electron chi connectivity index (χ2n) is 4.65. The fraction of sp³-hybridized carbons (Fsp3) is 0.133. The Kier molecular flexibility index (Phi) is 3.64. The Bertz CT molecular complexity index is 834. The Balaban J connectivity index is 1.87. The Morgan fingerprint density at radius 2 is 2.05 bits per heavy atom. The van der Waals surface area contributed by atoms with Crippen LogP contribution in [0.5, 0.6) is 0 Å². The summed E-state index contributed by atoms with van der Waals surface area (Å²) in [5.41, 5.74) is 0.994. The Morgan fingerprint density at radius 1 is 1.27 bits per heavy atom. The molecule has 0 aliphatic heterocycles. The lowest BCUT2D eigenvalue weighted by Gasteiger charge is -2.08. The predicted molar refractivity (Wildman–Crippen MR) is 83.5 cm³/mol. The number of thiazole rings is 1. The number of carbonyl (C=O) groups excluding carboxylic acids is 2. The van der Waals surface area contributed by atoms with Gasteiger partial charge in [-0.3, -0.25) is 9.20 Å². The van der Waals surface area contributed by atoms with Crippen molar-refractivity contribution in [2.45, 2.75) is 6.92 Å². The minimum absolute atomic E-state index is 0.297. The SMILES string of the molecule is COC(=O)c1ccccc1NC(=O)c1cn2cc(C)sc2n1. The van der Waals surface area contributed by atoms with Crippen LogP contribution in [0.1, 0.15) is 25.7 Å². The zero-order chi connectivity index (χ0) is 15.7. The van der Waals surface area contributed by atoms with Crippen molar-refractivity contribution in [3.05, 3.63) is 52.8 Å². The highest BCUT2D eigenvalue weighted by Crippen LogP contribution is 2.19. The van der Waals surface area contributed by atoms with Crippen molar-refractivity contribution in [1.82, 2.24) is 9.38 Å². The van der Waals surface area contributed by atoms with Crippen molar-refractivity contribution in [2.24, 2.45) is 0 Å². The number of amides is 1. The second kappa shape index (κ2) is 5.61. The number of aromatic nitrogens is 2. The van der Waals surface area contributed by atoms with Gasteiger partial charge in [0.05, 0.1) is 18.4 Å². The van der Waals surface area contributed by atoms with E-state index in [1.54, 1.807) is 34.9 Å². The molecule has 2 aromatic heterocycles. The van der Waals surface area contributed by atoms with Crippen LogP contribution in [-0.2, 0) is 4.74 Å². The number of para-hydroxylation sites is 1. The molecule has 3 aromatic rings. The van der Waals surface area contributed by atoms with Gasteiger partial charge in [0.25, 0.3) is 5.91 Å². The number of carbonyl (C=O) groups is 2. The number of hydrogen-bond acceptors (Lipinski definition) is 5. The number of nitrogens with one attached hydrogen (secondary N) is 1. The molecule has 0 aliphatic rings. The van der Waals surface area contributed by atoms with Crippen molar-refractivity contribution in [3.63, 3.8) is 0 Å². The Labute approximate surface area is 130 Å². The highest BCUT2D eigenvalue weighted by molar-refractivity contribution is 7.17. The van der Waals surface area contributed by atoms with Gasteiger partial charge >= 0.3 is 5.97 Å². The van der Waals surface area contributed by atoms with E-state index in [1.165, 1.54) is 18.4 Å². The maximum absolute atomic E-state index is 12.3. The molecule has 0 aliphatic carbocycles. The van der Waals surface area contributed by atoms with Crippen LogP contribution in [0.25, 0.3) is 4.96 Å². The predicted octanol–water partition coefficient (Wildman–Crippen LogP) is 2.74.